The topological polar surface area (TPSA) is 84.2 Å². The van der Waals surface area contributed by atoms with Gasteiger partial charge in [-0.05, 0) is 36.8 Å². The zero-order valence-electron chi connectivity index (χ0n) is 14.6. The highest BCUT2D eigenvalue weighted by Crippen LogP contribution is 2.21. The number of hydrogen-bond donors (Lipinski definition) is 3. The highest BCUT2D eigenvalue weighted by molar-refractivity contribution is 5.98. The van der Waals surface area contributed by atoms with Gasteiger partial charge in [-0.3, -0.25) is 9.59 Å². The van der Waals surface area contributed by atoms with Gasteiger partial charge in [-0.1, -0.05) is 44.2 Å². The van der Waals surface area contributed by atoms with Crippen molar-refractivity contribution in [1.82, 2.24) is 0 Å². The summed E-state index contributed by atoms with van der Waals surface area (Å²) in [6.07, 6.45) is 0. The second-order valence-corrected chi connectivity index (χ2v) is 6.24. The molecule has 0 saturated heterocycles. The molecule has 0 aromatic heterocycles. The molecule has 0 heterocycles. The smallest absolute Gasteiger partial charge is 0.248 e. The zero-order chi connectivity index (χ0) is 17.7. The van der Waals surface area contributed by atoms with E-state index in [9.17, 15) is 9.59 Å². The first-order valence-electron chi connectivity index (χ1n) is 7.87. The summed E-state index contributed by atoms with van der Waals surface area (Å²) in [5.74, 6) is -0.439. The number of benzene rings is 2. The molecule has 1 unspecified atom stereocenters. The Morgan fingerprint density at radius 1 is 0.920 bits per heavy atom. The predicted molar refractivity (Wildman–Crippen MR) is 104 cm³/mol. The van der Waals surface area contributed by atoms with Gasteiger partial charge in [0.25, 0.3) is 0 Å². The van der Waals surface area contributed by atoms with Crippen molar-refractivity contribution in [2.24, 2.45) is 11.7 Å². The first kappa shape index (κ1) is 20.7. The Balaban J connectivity index is 0.00000312. The average molecular weight is 362 g/mol. The maximum atomic E-state index is 12.5. The van der Waals surface area contributed by atoms with Gasteiger partial charge >= 0.3 is 0 Å². The van der Waals surface area contributed by atoms with E-state index in [1.54, 1.807) is 31.2 Å². The number of carbonyl (C=O) groups excluding carboxylic acids is 2. The molecule has 2 aromatic carbocycles. The van der Waals surface area contributed by atoms with E-state index in [4.69, 9.17) is 5.73 Å². The zero-order valence-corrected chi connectivity index (χ0v) is 15.4. The summed E-state index contributed by atoms with van der Waals surface area (Å²) < 4.78 is 0. The van der Waals surface area contributed by atoms with Crippen LogP contribution in [0.15, 0.2) is 54.6 Å². The number of carbonyl (C=O) groups is 2. The number of nitrogens with two attached hydrogens (primary N) is 1. The lowest BCUT2D eigenvalue weighted by Gasteiger charge is -2.24. The average Bonchev–Trinajstić information content (AvgIpc) is 2.57. The summed E-state index contributed by atoms with van der Waals surface area (Å²) in [7, 11) is 0. The summed E-state index contributed by atoms with van der Waals surface area (Å²) in [6, 6.07) is 16.2. The van der Waals surface area contributed by atoms with Crippen LogP contribution in [0.5, 0.6) is 0 Å². The standard InChI is InChI=1S/C19H23N3O2.ClH/c1-13(2)17(23)21-15-9-11-16(12-10-15)22-18(24)19(3,20)14-7-5-4-6-8-14;/h4-13H,20H2,1-3H3,(H,21,23)(H,22,24);1H. The van der Waals surface area contributed by atoms with Crippen molar-refractivity contribution in [3.8, 4) is 0 Å². The number of anilines is 2. The second kappa shape index (κ2) is 8.65. The summed E-state index contributed by atoms with van der Waals surface area (Å²) in [6.45, 7) is 5.33. The molecule has 0 radical (unpaired) electrons. The number of hydrogen-bond acceptors (Lipinski definition) is 3. The molecule has 5 nitrogen and oxygen atoms in total. The third-order valence-electron chi connectivity index (χ3n) is 3.78. The molecule has 134 valence electrons. The largest absolute Gasteiger partial charge is 0.326 e. The Kier molecular flexibility index (Phi) is 7.15. The van der Waals surface area contributed by atoms with Crippen molar-refractivity contribution in [3.63, 3.8) is 0 Å². The molecule has 0 aliphatic rings. The van der Waals surface area contributed by atoms with Crippen molar-refractivity contribution in [2.45, 2.75) is 26.3 Å². The van der Waals surface area contributed by atoms with Gasteiger partial charge in [0.05, 0.1) is 0 Å². The SMILES string of the molecule is CC(C)C(=O)Nc1ccc(NC(=O)C(C)(N)c2ccccc2)cc1.Cl. The number of halogens is 1. The Morgan fingerprint density at radius 3 is 1.88 bits per heavy atom. The first-order valence-corrected chi connectivity index (χ1v) is 7.87. The molecular weight excluding hydrogens is 338 g/mol. The van der Waals surface area contributed by atoms with Crippen LogP contribution in [0.25, 0.3) is 0 Å². The molecule has 0 bridgehead atoms. The lowest BCUT2D eigenvalue weighted by molar-refractivity contribution is -0.121. The molecule has 0 saturated carbocycles. The number of amides is 2. The normalized spacial score (nSPS) is 12.7. The van der Waals surface area contributed by atoms with Crippen molar-refractivity contribution < 1.29 is 9.59 Å². The van der Waals surface area contributed by atoms with Crippen LogP contribution in [-0.2, 0) is 15.1 Å². The molecule has 2 amide bonds. The van der Waals surface area contributed by atoms with E-state index in [0.29, 0.717) is 11.4 Å². The second-order valence-electron chi connectivity index (χ2n) is 6.24. The van der Waals surface area contributed by atoms with Crippen LogP contribution in [0, 0.1) is 5.92 Å². The number of nitrogens with one attached hydrogen (secondary N) is 2. The Bertz CT molecular complexity index is 713. The van der Waals surface area contributed by atoms with Crippen LogP contribution in [0.4, 0.5) is 11.4 Å². The monoisotopic (exact) mass is 361 g/mol. The Labute approximate surface area is 154 Å². The summed E-state index contributed by atoms with van der Waals surface area (Å²) in [5.41, 5.74) is 7.10. The van der Waals surface area contributed by atoms with E-state index in [0.717, 1.165) is 5.56 Å². The van der Waals surface area contributed by atoms with Gasteiger partial charge in [-0.2, -0.15) is 0 Å². The maximum Gasteiger partial charge on any atom is 0.248 e. The summed E-state index contributed by atoms with van der Waals surface area (Å²) >= 11 is 0. The minimum absolute atomic E-state index is 0. The third kappa shape index (κ3) is 5.31. The fourth-order valence-electron chi connectivity index (χ4n) is 2.10. The van der Waals surface area contributed by atoms with E-state index in [1.165, 1.54) is 0 Å². The minimum Gasteiger partial charge on any atom is -0.326 e. The molecule has 2 rings (SSSR count). The summed E-state index contributed by atoms with van der Waals surface area (Å²) in [5, 5.41) is 5.61. The minimum atomic E-state index is -1.13. The molecule has 2 aromatic rings. The van der Waals surface area contributed by atoms with Crippen LogP contribution in [0.2, 0.25) is 0 Å². The van der Waals surface area contributed by atoms with Gasteiger partial charge in [-0.25, -0.2) is 0 Å². The van der Waals surface area contributed by atoms with Gasteiger partial charge in [0.1, 0.15) is 5.54 Å². The van der Waals surface area contributed by atoms with E-state index in [-0.39, 0.29) is 30.1 Å². The van der Waals surface area contributed by atoms with Gasteiger partial charge in [0, 0.05) is 17.3 Å². The maximum absolute atomic E-state index is 12.5. The van der Waals surface area contributed by atoms with Crippen molar-refractivity contribution in [2.75, 3.05) is 10.6 Å². The first-order chi connectivity index (χ1) is 11.3. The van der Waals surface area contributed by atoms with Crippen LogP contribution in [0.3, 0.4) is 0 Å². The molecule has 1 atom stereocenters. The molecule has 0 fully saturated rings. The molecule has 0 aliphatic heterocycles. The fourth-order valence-corrected chi connectivity index (χ4v) is 2.10. The van der Waals surface area contributed by atoms with Crippen LogP contribution < -0.4 is 16.4 Å². The Hall–Kier alpha value is -2.37. The molecule has 0 aliphatic carbocycles. The highest BCUT2D eigenvalue weighted by Gasteiger charge is 2.30. The Morgan fingerprint density at radius 2 is 1.40 bits per heavy atom. The van der Waals surface area contributed by atoms with E-state index >= 15 is 0 Å². The third-order valence-corrected chi connectivity index (χ3v) is 3.78. The lowest BCUT2D eigenvalue weighted by Crippen LogP contribution is -2.45. The van der Waals surface area contributed by atoms with Gasteiger partial charge in [0.15, 0.2) is 0 Å². The van der Waals surface area contributed by atoms with Crippen LogP contribution in [0.1, 0.15) is 26.3 Å². The van der Waals surface area contributed by atoms with Crippen molar-refractivity contribution >= 4 is 35.6 Å². The fraction of sp³-hybridized carbons (Fsp3) is 0.263. The van der Waals surface area contributed by atoms with Gasteiger partial charge in [0.2, 0.25) is 11.8 Å². The quantitative estimate of drug-likeness (QED) is 0.761. The molecule has 6 heteroatoms. The molecule has 4 N–H and O–H groups in total. The van der Waals surface area contributed by atoms with Gasteiger partial charge < -0.3 is 16.4 Å². The summed E-state index contributed by atoms with van der Waals surface area (Å²) in [4.78, 5) is 24.1. The number of rotatable bonds is 5. The lowest BCUT2D eigenvalue weighted by atomic mass is 9.92. The molecule has 25 heavy (non-hydrogen) atoms. The predicted octanol–water partition coefficient (Wildman–Crippen LogP) is 3.52. The van der Waals surface area contributed by atoms with Crippen LogP contribution >= 0.6 is 12.4 Å². The molecular formula is C19H24ClN3O2. The highest BCUT2D eigenvalue weighted by atomic mass is 35.5. The van der Waals surface area contributed by atoms with Crippen LogP contribution in [-0.4, -0.2) is 11.8 Å². The van der Waals surface area contributed by atoms with Crippen molar-refractivity contribution in [3.05, 3.63) is 60.2 Å². The van der Waals surface area contributed by atoms with Crippen molar-refractivity contribution in [1.29, 1.82) is 0 Å². The molecule has 0 spiro atoms. The van der Waals surface area contributed by atoms with E-state index in [2.05, 4.69) is 10.6 Å². The van der Waals surface area contributed by atoms with E-state index in [1.807, 2.05) is 44.2 Å². The van der Waals surface area contributed by atoms with Gasteiger partial charge in [-0.15, -0.1) is 12.4 Å². The van der Waals surface area contributed by atoms with E-state index < -0.39 is 5.54 Å².